The predicted octanol–water partition coefficient (Wildman–Crippen LogP) is 8.69. The molecule has 0 radical (unpaired) electrons. The van der Waals surface area contributed by atoms with Gasteiger partial charge in [-0.3, -0.25) is 9.59 Å². The van der Waals surface area contributed by atoms with Crippen molar-refractivity contribution in [1.29, 1.82) is 0 Å². The number of benzene rings is 3. The number of halogens is 2. The van der Waals surface area contributed by atoms with Crippen LogP contribution < -0.4 is 15.5 Å². The molecule has 12 heteroatoms. The number of imidazole rings is 1. The summed E-state index contributed by atoms with van der Waals surface area (Å²) in [5.74, 6) is 0.359. The highest BCUT2D eigenvalue weighted by molar-refractivity contribution is 6.31. The summed E-state index contributed by atoms with van der Waals surface area (Å²) in [6.45, 7) is 6.14. The molecule has 10 nitrogen and oxygen atoms in total. The fourth-order valence-electron chi connectivity index (χ4n) is 7.36. The third-order valence-electron chi connectivity index (χ3n) is 10.3. The second kappa shape index (κ2) is 16.9. The number of aromatic amines is 1. The molecular weight excluding hydrogens is 719 g/mol. The zero-order chi connectivity index (χ0) is 37.6. The van der Waals surface area contributed by atoms with E-state index in [0.29, 0.717) is 45.9 Å². The molecule has 3 N–H and O–H groups in total. The molecule has 8 rings (SSSR count). The normalized spacial score (nSPS) is 15.4. The van der Waals surface area contributed by atoms with Gasteiger partial charge in [0.05, 0.1) is 29.4 Å². The third kappa shape index (κ3) is 8.16. The maximum atomic E-state index is 14.5. The largest absolute Gasteiger partial charge is 0.356 e. The van der Waals surface area contributed by atoms with Gasteiger partial charge in [-0.05, 0) is 94.7 Å². The highest BCUT2D eigenvalue weighted by Gasteiger charge is 2.29. The van der Waals surface area contributed by atoms with Gasteiger partial charge in [0.25, 0.3) is 5.91 Å². The lowest BCUT2D eigenvalue weighted by Gasteiger charge is -2.33. The Labute approximate surface area is 325 Å². The van der Waals surface area contributed by atoms with Gasteiger partial charge < -0.3 is 30.0 Å². The first-order valence-electron chi connectivity index (χ1n) is 18.4. The SMILES string of the molecule is CC(c1ccc(Cl)cc1)n1cnc(-c2ccccc2)c1-c1c(C(=O)Nc2cccnc2N2CCC(NC=O)CC2)[nH]c2cc(Cl)ccc12.CN1CCCC1. The van der Waals surface area contributed by atoms with E-state index in [0.717, 1.165) is 52.7 Å². The van der Waals surface area contributed by atoms with Crippen molar-refractivity contribution in [3.63, 3.8) is 0 Å². The molecule has 3 aromatic heterocycles. The molecule has 2 amide bonds. The summed E-state index contributed by atoms with van der Waals surface area (Å²) < 4.78 is 2.10. The summed E-state index contributed by atoms with van der Waals surface area (Å²) in [5.41, 5.74) is 5.90. The Balaban J connectivity index is 0.000000684. The molecule has 0 saturated carbocycles. The van der Waals surface area contributed by atoms with Gasteiger partial charge in [-0.2, -0.15) is 0 Å². The van der Waals surface area contributed by atoms with Crippen LogP contribution in [0.3, 0.4) is 0 Å². The Morgan fingerprint density at radius 2 is 1.63 bits per heavy atom. The number of pyridine rings is 1. The predicted molar refractivity (Wildman–Crippen MR) is 219 cm³/mol. The molecule has 278 valence electrons. The van der Waals surface area contributed by atoms with Gasteiger partial charge in [0, 0.05) is 57.4 Å². The summed E-state index contributed by atoms with van der Waals surface area (Å²) in [6.07, 6.45) is 8.70. The average molecular weight is 764 g/mol. The van der Waals surface area contributed by atoms with Gasteiger partial charge in [0.2, 0.25) is 6.41 Å². The first-order valence-corrected chi connectivity index (χ1v) is 19.1. The second-order valence-electron chi connectivity index (χ2n) is 13.9. The highest BCUT2D eigenvalue weighted by atomic mass is 35.5. The van der Waals surface area contributed by atoms with Crippen molar-refractivity contribution in [2.75, 3.05) is 43.4 Å². The molecule has 6 aromatic rings. The van der Waals surface area contributed by atoms with E-state index in [9.17, 15) is 9.59 Å². The minimum Gasteiger partial charge on any atom is -0.356 e. The first kappa shape index (κ1) is 37.2. The molecular formula is C42H44Cl2N8O2. The smallest absolute Gasteiger partial charge is 0.272 e. The van der Waals surface area contributed by atoms with Gasteiger partial charge >= 0.3 is 0 Å². The van der Waals surface area contributed by atoms with Crippen LogP contribution in [0.2, 0.25) is 10.0 Å². The minimum absolute atomic E-state index is 0.125. The Bertz CT molecular complexity index is 2210. The molecule has 54 heavy (non-hydrogen) atoms. The quantitative estimate of drug-likeness (QED) is 0.127. The number of likely N-dealkylation sites (tertiary alicyclic amines) is 1. The molecule has 2 fully saturated rings. The number of carbonyl (C=O) groups is 2. The summed E-state index contributed by atoms with van der Waals surface area (Å²) >= 11 is 12.7. The fourth-order valence-corrected chi connectivity index (χ4v) is 7.66. The number of H-pyrrole nitrogens is 1. The Kier molecular flexibility index (Phi) is 11.6. The van der Waals surface area contributed by atoms with Crippen LogP contribution in [0.25, 0.3) is 33.4 Å². The highest BCUT2D eigenvalue weighted by Crippen LogP contribution is 2.42. The number of nitrogens with zero attached hydrogens (tertiary/aromatic N) is 5. The van der Waals surface area contributed by atoms with Gasteiger partial charge in [-0.25, -0.2) is 9.97 Å². The lowest BCUT2D eigenvalue weighted by molar-refractivity contribution is -0.110. The monoisotopic (exact) mass is 762 g/mol. The standard InChI is InChI=1S/C37H33Cl2N7O2.C5H11N/c1-23(24-9-11-26(38)12-10-24)46-21-41-33(25-6-3-2-4-7-25)35(46)32-29-14-13-27(39)20-31(29)43-34(32)37(48)44-30-8-5-17-40-36(30)45-18-15-28(16-19-45)42-22-47;1-6-4-2-3-5-6/h2-14,17,20-23,28,43H,15-16,18-19H2,1H3,(H,42,47)(H,44,48);2-5H2,1H3. The summed E-state index contributed by atoms with van der Waals surface area (Å²) in [6, 6.07) is 27.0. The van der Waals surface area contributed by atoms with Crippen molar-refractivity contribution in [2.45, 2.75) is 44.7 Å². The van der Waals surface area contributed by atoms with Crippen molar-refractivity contribution >= 4 is 57.9 Å². The number of piperidine rings is 1. The van der Waals surface area contributed by atoms with E-state index in [1.165, 1.54) is 25.9 Å². The number of amides is 2. The molecule has 1 atom stereocenters. The van der Waals surface area contributed by atoms with Crippen LogP contribution in [0.5, 0.6) is 0 Å². The van der Waals surface area contributed by atoms with Crippen LogP contribution in [0.15, 0.2) is 97.5 Å². The van der Waals surface area contributed by atoms with E-state index in [-0.39, 0.29) is 18.0 Å². The van der Waals surface area contributed by atoms with Crippen molar-refractivity contribution in [3.05, 3.63) is 119 Å². The van der Waals surface area contributed by atoms with E-state index in [2.05, 4.69) is 48.9 Å². The van der Waals surface area contributed by atoms with E-state index >= 15 is 0 Å². The molecule has 0 bridgehead atoms. The Morgan fingerprint density at radius 1 is 0.907 bits per heavy atom. The van der Waals surface area contributed by atoms with Crippen molar-refractivity contribution in [2.24, 2.45) is 0 Å². The van der Waals surface area contributed by atoms with Gasteiger partial charge in [-0.1, -0.05) is 71.7 Å². The van der Waals surface area contributed by atoms with Crippen LogP contribution in [0, 0.1) is 0 Å². The van der Waals surface area contributed by atoms with E-state index in [1.54, 1.807) is 6.20 Å². The number of aromatic nitrogens is 4. The second-order valence-corrected chi connectivity index (χ2v) is 14.8. The van der Waals surface area contributed by atoms with Crippen LogP contribution in [-0.2, 0) is 4.79 Å². The molecule has 0 aliphatic carbocycles. The molecule has 2 saturated heterocycles. The van der Waals surface area contributed by atoms with Crippen LogP contribution in [-0.4, -0.2) is 76.0 Å². The van der Waals surface area contributed by atoms with Gasteiger partial charge in [0.1, 0.15) is 5.69 Å². The molecule has 3 aromatic carbocycles. The molecule has 0 spiro atoms. The zero-order valence-corrected chi connectivity index (χ0v) is 31.9. The first-order chi connectivity index (χ1) is 26.3. The number of carbonyl (C=O) groups excluding carboxylic acids is 2. The summed E-state index contributed by atoms with van der Waals surface area (Å²) in [4.78, 5) is 42.9. The number of nitrogens with one attached hydrogen (secondary N) is 3. The van der Waals surface area contributed by atoms with E-state index in [4.69, 9.17) is 28.2 Å². The number of hydrogen-bond donors (Lipinski definition) is 3. The van der Waals surface area contributed by atoms with Gasteiger partial charge in [-0.15, -0.1) is 0 Å². The molecule has 2 aliphatic heterocycles. The van der Waals surface area contributed by atoms with Gasteiger partial charge in [0.15, 0.2) is 5.82 Å². The minimum atomic E-state index is -0.324. The van der Waals surface area contributed by atoms with E-state index in [1.807, 2.05) is 91.3 Å². The number of anilines is 2. The topological polar surface area (TPSA) is 111 Å². The van der Waals surface area contributed by atoms with Crippen molar-refractivity contribution < 1.29 is 9.59 Å². The summed E-state index contributed by atoms with van der Waals surface area (Å²) in [7, 11) is 2.17. The number of hydrogen-bond acceptors (Lipinski definition) is 6. The van der Waals surface area contributed by atoms with Crippen LogP contribution in [0.4, 0.5) is 11.5 Å². The fraction of sp³-hybridized carbons (Fsp3) is 0.286. The lowest BCUT2D eigenvalue weighted by Crippen LogP contribution is -2.42. The third-order valence-corrected chi connectivity index (χ3v) is 10.8. The molecule has 1 unspecified atom stereocenters. The van der Waals surface area contributed by atoms with Crippen molar-refractivity contribution in [1.82, 2.24) is 29.7 Å². The maximum absolute atomic E-state index is 14.5. The average Bonchev–Trinajstić information content (AvgIpc) is 3.94. The molecule has 5 heterocycles. The Hall–Kier alpha value is -5.16. The van der Waals surface area contributed by atoms with Crippen LogP contribution in [0.1, 0.15) is 54.7 Å². The maximum Gasteiger partial charge on any atom is 0.272 e. The van der Waals surface area contributed by atoms with Crippen LogP contribution >= 0.6 is 23.2 Å². The van der Waals surface area contributed by atoms with E-state index < -0.39 is 0 Å². The lowest BCUT2D eigenvalue weighted by atomic mass is 9.99. The zero-order valence-electron chi connectivity index (χ0n) is 30.4. The van der Waals surface area contributed by atoms with Crippen molar-refractivity contribution in [3.8, 4) is 22.5 Å². The summed E-state index contributed by atoms with van der Waals surface area (Å²) in [5, 5.41) is 8.09. The number of rotatable bonds is 9. The number of fused-ring (bicyclic) bond motifs is 1. The Morgan fingerprint density at radius 3 is 2.31 bits per heavy atom. The molecule has 2 aliphatic rings.